The number of aliphatic hydroxyl groups excluding tert-OH is 1. The van der Waals surface area contributed by atoms with Crippen LogP contribution in [-0.4, -0.2) is 30.2 Å². The van der Waals surface area contributed by atoms with Gasteiger partial charge in [-0.3, -0.25) is 0 Å². The van der Waals surface area contributed by atoms with Crippen LogP contribution in [-0.2, 0) is 15.9 Å². The van der Waals surface area contributed by atoms with Gasteiger partial charge in [0, 0.05) is 13.0 Å². The van der Waals surface area contributed by atoms with E-state index in [4.69, 9.17) is 14.6 Å². The minimum absolute atomic E-state index is 0.0230. The molecular weight excluding hydrogens is 216 g/mol. The van der Waals surface area contributed by atoms with Crippen LogP contribution in [0.15, 0.2) is 24.3 Å². The smallest absolute Gasteiger partial charge is 0.170 e. The average Bonchev–Trinajstić information content (AvgIpc) is 2.60. The summed E-state index contributed by atoms with van der Waals surface area (Å²) in [5.41, 5.74) is 2.47. The van der Waals surface area contributed by atoms with Gasteiger partial charge in [0.2, 0.25) is 0 Å². The fraction of sp³-hybridized carbons (Fsp3) is 0.571. The zero-order chi connectivity index (χ0) is 12.3. The van der Waals surface area contributed by atoms with Crippen molar-refractivity contribution in [2.24, 2.45) is 0 Å². The van der Waals surface area contributed by atoms with E-state index in [9.17, 15) is 0 Å². The summed E-state index contributed by atoms with van der Waals surface area (Å²) in [6, 6.07) is 8.37. The maximum absolute atomic E-state index is 8.89. The van der Waals surface area contributed by atoms with Gasteiger partial charge in [0.25, 0.3) is 0 Å². The Morgan fingerprint density at radius 1 is 1.47 bits per heavy atom. The molecule has 3 heteroatoms. The van der Waals surface area contributed by atoms with Crippen LogP contribution in [0.25, 0.3) is 0 Å². The molecule has 2 unspecified atom stereocenters. The summed E-state index contributed by atoms with van der Waals surface area (Å²) in [6.07, 6.45) is 1.41. The predicted molar refractivity (Wildman–Crippen MR) is 65.8 cm³/mol. The minimum atomic E-state index is -0.548. The largest absolute Gasteiger partial charge is 0.396 e. The van der Waals surface area contributed by atoms with Crippen LogP contribution >= 0.6 is 0 Å². The molecule has 0 bridgehead atoms. The second kappa shape index (κ2) is 5.17. The Labute approximate surface area is 102 Å². The number of benzene rings is 1. The van der Waals surface area contributed by atoms with E-state index in [1.807, 2.05) is 13.0 Å². The Morgan fingerprint density at radius 3 is 3.00 bits per heavy atom. The molecule has 1 fully saturated rings. The number of ether oxygens (including phenoxy) is 2. The van der Waals surface area contributed by atoms with Crippen LogP contribution < -0.4 is 0 Å². The highest BCUT2D eigenvalue weighted by Crippen LogP contribution is 2.28. The molecule has 0 radical (unpaired) electrons. The molecule has 1 aromatic carbocycles. The summed E-state index contributed by atoms with van der Waals surface area (Å²) in [6.45, 7) is 4.76. The van der Waals surface area contributed by atoms with Crippen LogP contribution in [0.4, 0.5) is 0 Å². The topological polar surface area (TPSA) is 38.7 Å². The van der Waals surface area contributed by atoms with Gasteiger partial charge in [0.15, 0.2) is 5.79 Å². The number of hydrogen-bond donors (Lipinski definition) is 1. The molecule has 1 N–H and O–H groups in total. The van der Waals surface area contributed by atoms with Crippen LogP contribution in [0.3, 0.4) is 0 Å². The summed E-state index contributed by atoms with van der Waals surface area (Å²) in [4.78, 5) is 0. The van der Waals surface area contributed by atoms with Crippen LogP contribution in [0.5, 0.6) is 0 Å². The highest BCUT2D eigenvalue weighted by molar-refractivity contribution is 5.23. The normalized spacial score (nSPS) is 28.5. The van der Waals surface area contributed by atoms with Crippen molar-refractivity contribution in [1.82, 2.24) is 0 Å². The Balaban J connectivity index is 1.99. The van der Waals surface area contributed by atoms with Gasteiger partial charge in [-0.2, -0.15) is 0 Å². The SMILES string of the molecule is Cc1cccc(CC2(C)OCC(CCO)O2)c1. The molecule has 0 aromatic heterocycles. The molecule has 17 heavy (non-hydrogen) atoms. The molecule has 1 heterocycles. The Hall–Kier alpha value is -0.900. The summed E-state index contributed by atoms with van der Waals surface area (Å²) in [5.74, 6) is -0.548. The number of hydrogen-bond acceptors (Lipinski definition) is 3. The lowest BCUT2D eigenvalue weighted by atomic mass is 10.0. The van der Waals surface area contributed by atoms with E-state index < -0.39 is 5.79 Å². The zero-order valence-corrected chi connectivity index (χ0v) is 10.5. The minimum Gasteiger partial charge on any atom is -0.396 e. The van der Waals surface area contributed by atoms with Gasteiger partial charge in [-0.05, 0) is 25.8 Å². The lowest BCUT2D eigenvalue weighted by Crippen LogP contribution is -2.29. The fourth-order valence-corrected chi connectivity index (χ4v) is 2.26. The second-order valence-corrected chi connectivity index (χ2v) is 4.86. The van der Waals surface area contributed by atoms with Crippen molar-refractivity contribution in [1.29, 1.82) is 0 Å². The molecule has 1 aliphatic rings. The van der Waals surface area contributed by atoms with E-state index >= 15 is 0 Å². The van der Waals surface area contributed by atoms with Crippen molar-refractivity contribution >= 4 is 0 Å². The summed E-state index contributed by atoms with van der Waals surface area (Å²) in [7, 11) is 0. The Bertz CT molecular complexity index is 377. The third-order valence-electron chi connectivity index (χ3n) is 3.05. The first kappa shape index (κ1) is 12.6. The number of aliphatic hydroxyl groups is 1. The quantitative estimate of drug-likeness (QED) is 0.869. The van der Waals surface area contributed by atoms with Gasteiger partial charge in [-0.1, -0.05) is 29.8 Å². The number of aryl methyl sites for hydroxylation is 1. The highest BCUT2D eigenvalue weighted by atomic mass is 16.7. The van der Waals surface area contributed by atoms with Gasteiger partial charge in [-0.25, -0.2) is 0 Å². The third-order valence-corrected chi connectivity index (χ3v) is 3.05. The van der Waals surface area contributed by atoms with Crippen molar-refractivity contribution in [2.45, 2.75) is 38.6 Å². The third kappa shape index (κ3) is 3.28. The van der Waals surface area contributed by atoms with Gasteiger partial charge >= 0.3 is 0 Å². The maximum Gasteiger partial charge on any atom is 0.170 e. The molecule has 0 saturated carbocycles. The lowest BCUT2D eigenvalue weighted by Gasteiger charge is -2.23. The average molecular weight is 236 g/mol. The molecule has 1 aliphatic heterocycles. The Morgan fingerprint density at radius 2 is 2.29 bits per heavy atom. The summed E-state index contributed by atoms with van der Waals surface area (Å²) < 4.78 is 11.6. The predicted octanol–water partition coefficient (Wildman–Crippen LogP) is 2.05. The van der Waals surface area contributed by atoms with E-state index in [1.54, 1.807) is 0 Å². The first-order chi connectivity index (χ1) is 8.11. The first-order valence-electron chi connectivity index (χ1n) is 6.09. The molecule has 3 nitrogen and oxygen atoms in total. The Kier molecular flexibility index (Phi) is 3.82. The monoisotopic (exact) mass is 236 g/mol. The van der Waals surface area contributed by atoms with E-state index in [2.05, 4.69) is 25.1 Å². The van der Waals surface area contributed by atoms with Crippen molar-refractivity contribution < 1.29 is 14.6 Å². The maximum atomic E-state index is 8.89. The molecule has 0 aliphatic carbocycles. The molecule has 0 spiro atoms. The highest BCUT2D eigenvalue weighted by Gasteiger charge is 2.36. The van der Waals surface area contributed by atoms with Crippen molar-refractivity contribution in [3.8, 4) is 0 Å². The van der Waals surface area contributed by atoms with Gasteiger partial charge < -0.3 is 14.6 Å². The number of rotatable bonds is 4. The standard InChI is InChI=1S/C14H20O3/c1-11-4-3-5-12(8-11)9-14(2)16-10-13(17-14)6-7-15/h3-5,8,13,15H,6-7,9-10H2,1-2H3. The molecule has 1 saturated heterocycles. The van der Waals surface area contributed by atoms with Crippen molar-refractivity contribution in [3.05, 3.63) is 35.4 Å². The van der Waals surface area contributed by atoms with Crippen LogP contribution in [0.2, 0.25) is 0 Å². The van der Waals surface area contributed by atoms with E-state index in [0.29, 0.717) is 13.0 Å². The molecule has 1 aromatic rings. The van der Waals surface area contributed by atoms with E-state index in [1.165, 1.54) is 11.1 Å². The molecule has 94 valence electrons. The molecule has 2 rings (SSSR count). The summed E-state index contributed by atoms with van der Waals surface area (Å²) >= 11 is 0. The van der Waals surface area contributed by atoms with Gasteiger partial charge in [0.1, 0.15) is 0 Å². The second-order valence-electron chi connectivity index (χ2n) is 4.86. The lowest BCUT2D eigenvalue weighted by molar-refractivity contribution is -0.153. The van der Waals surface area contributed by atoms with Gasteiger partial charge in [-0.15, -0.1) is 0 Å². The molecule has 2 atom stereocenters. The van der Waals surface area contributed by atoms with E-state index in [0.717, 1.165) is 6.42 Å². The van der Waals surface area contributed by atoms with Crippen LogP contribution in [0, 0.1) is 6.92 Å². The van der Waals surface area contributed by atoms with Crippen molar-refractivity contribution in [3.63, 3.8) is 0 Å². The van der Waals surface area contributed by atoms with E-state index in [-0.39, 0.29) is 12.7 Å². The first-order valence-corrected chi connectivity index (χ1v) is 6.09. The fourth-order valence-electron chi connectivity index (χ4n) is 2.26. The molecule has 0 amide bonds. The van der Waals surface area contributed by atoms with Gasteiger partial charge in [0.05, 0.1) is 12.7 Å². The molecular formula is C14H20O3. The zero-order valence-electron chi connectivity index (χ0n) is 10.5. The summed E-state index contributed by atoms with van der Waals surface area (Å²) in [5, 5.41) is 8.89. The van der Waals surface area contributed by atoms with Crippen LogP contribution in [0.1, 0.15) is 24.5 Å². The van der Waals surface area contributed by atoms with Crippen molar-refractivity contribution in [2.75, 3.05) is 13.2 Å².